The molecule has 5 heteroatoms. The molecule has 1 aliphatic heterocycles. The van der Waals surface area contributed by atoms with Gasteiger partial charge < -0.3 is 15.0 Å². The summed E-state index contributed by atoms with van der Waals surface area (Å²) in [6, 6.07) is -0.291. The quantitative estimate of drug-likeness (QED) is 0.796. The molecule has 0 bridgehead atoms. The van der Waals surface area contributed by atoms with Crippen LogP contribution < -0.4 is 5.32 Å². The predicted octanol–water partition coefficient (Wildman–Crippen LogP) is 0.538. The number of nitrogens with zero attached hydrogens (tertiary/aromatic N) is 1. The van der Waals surface area contributed by atoms with E-state index in [-0.39, 0.29) is 30.0 Å². The summed E-state index contributed by atoms with van der Waals surface area (Å²) < 4.78 is 5.60. The molecule has 1 saturated heterocycles. The van der Waals surface area contributed by atoms with Crippen molar-refractivity contribution in [3.63, 3.8) is 0 Å². The van der Waals surface area contributed by atoms with Crippen molar-refractivity contribution < 1.29 is 14.3 Å². The van der Waals surface area contributed by atoms with Crippen LogP contribution in [0.5, 0.6) is 0 Å². The number of hydrogen-bond acceptors (Lipinski definition) is 3. The van der Waals surface area contributed by atoms with Gasteiger partial charge in [0.15, 0.2) is 0 Å². The van der Waals surface area contributed by atoms with Crippen LogP contribution in [0.2, 0.25) is 0 Å². The second kappa shape index (κ2) is 4.88. The molecule has 0 radical (unpaired) electrons. The third-order valence-electron chi connectivity index (χ3n) is 3.22. The van der Waals surface area contributed by atoms with Crippen molar-refractivity contribution in [3.05, 3.63) is 0 Å². The summed E-state index contributed by atoms with van der Waals surface area (Å²) in [5, 5.41) is 2.79. The fourth-order valence-electron chi connectivity index (χ4n) is 2.13. The zero-order valence-corrected chi connectivity index (χ0v) is 11.4. The van der Waals surface area contributed by atoms with Gasteiger partial charge in [0.05, 0.1) is 18.8 Å². The van der Waals surface area contributed by atoms with Crippen LogP contribution in [-0.4, -0.2) is 48.1 Å². The predicted molar refractivity (Wildman–Crippen MR) is 66.9 cm³/mol. The van der Waals surface area contributed by atoms with Gasteiger partial charge in [-0.3, -0.25) is 9.59 Å². The van der Waals surface area contributed by atoms with Crippen LogP contribution in [0.4, 0.5) is 0 Å². The highest BCUT2D eigenvalue weighted by Crippen LogP contribution is 2.34. The van der Waals surface area contributed by atoms with Crippen molar-refractivity contribution in [3.8, 4) is 0 Å². The molecule has 2 fully saturated rings. The maximum absolute atomic E-state index is 12.2. The van der Waals surface area contributed by atoms with Gasteiger partial charge in [-0.1, -0.05) is 0 Å². The highest BCUT2D eigenvalue weighted by atomic mass is 16.5. The minimum atomic E-state index is -0.291. The zero-order chi connectivity index (χ0) is 13.3. The van der Waals surface area contributed by atoms with Crippen molar-refractivity contribution in [1.82, 2.24) is 10.2 Å². The number of carbonyl (C=O) groups is 2. The molecule has 2 amide bonds. The summed E-state index contributed by atoms with van der Waals surface area (Å²) in [4.78, 5) is 25.4. The Kier molecular flexibility index (Phi) is 3.61. The summed E-state index contributed by atoms with van der Waals surface area (Å²) in [5.41, 5.74) is -0.211. The Morgan fingerprint density at radius 1 is 1.33 bits per heavy atom. The summed E-state index contributed by atoms with van der Waals surface area (Å²) >= 11 is 0. The molecule has 102 valence electrons. The molecule has 1 aliphatic carbocycles. The molecule has 1 N–H and O–H groups in total. The maximum atomic E-state index is 12.2. The first-order valence-corrected chi connectivity index (χ1v) is 6.59. The van der Waals surface area contributed by atoms with Crippen molar-refractivity contribution in [2.75, 3.05) is 19.7 Å². The van der Waals surface area contributed by atoms with Crippen molar-refractivity contribution in [2.45, 2.75) is 45.3 Å². The van der Waals surface area contributed by atoms with Crippen LogP contribution in [0.25, 0.3) is 0 Å². The third kappa shape index (κ3) is 3.45. The number of amides is 2. The second-order valence-corrected chi connectivity index (χ2v) is 6.10. The van der Waals surface area contributed by atoms with Gasteiger partial charge in [-0.2, -0.15) is 0 Å². The SMILES string of the molecule is CC(C)(C)OCCN1CC(=O)NC(C2CC2)C1=O. The molecule has 1 saturated carbocycles. The monoisotopic (exact) mass is 254 g/mol. The molecule has 18 heavy (non-hydrogen) atoms. The molecule has 0 aromatic heterocycles. The topological polar surface area (TPSA) is 58.6 Å². The Balaban J connectivity index is 1.86. The number of hydrogen-bond donors (Lipinski definition) is 1. The van der Waals surface area contributed by atoms with Crippen molar-refractivity contribution in [2.24, 2.45) is 5.92 Å². The van der Waals surface area contributed by atoms with Crippen LogP contribution in [0.3, 0.4) is 0 Å². The number of ether oxygens (including phenoxy) is 1. The highest BCUT2D eigenvalue weighted by molar-refractivity contribution is 5.95. The highest BCUT2D eigenvalue weighted by Gasteiger charge is 2.42. The van der Waals surface area contributed by atoms with E-state index in [1.807, 2.05) is 20.8 Å². The average Bonchev–Trinajstić information content (AvgIpc) is 3.04. The molecule has 1 heterocycles. The summed E-state index contributed by atoms with van der Waals surface area (Å²) in [6.45, 7) is 7.06. The van der Waals surface area contributed by atoms with E-state index in [9.17, 15) is 9.59 Å². The maximum Gasteiger partial charge on any atom is 0.245 e. The van der Waals surface area contributed by atoms with Crippen LogP contribution in [0, 0.1) is 5.92 Å². The van der Waals surface area contributed by atoms with Gasteiger partial charge in [-0.15, -0.1) is 0 Å². The Hall–Kier alpha value is -1.10. The molecule has 0 spiro atoms. The number of nitrogens with one attached hydrogen (secondary N) is 1. The van der Waals surface area contributed by atoms with Gasteiger partial charge in [0, 0.05) is 6.54 Å². The average molecular weight is 254 g/mol. The number of carbonyl (C=O) groups excluding carboxylic acids is 2. The minimum Gasteiger partial charge on any atom is -0.374 e. The normalized spacial score (nSPS) is 25.3. The fraction of sp³-hybridized carbons (Fsp3) is 0.846. The van der Waals surface area contributed by atoms with Gasteiger partial charge in [0.25, 0.3) is 0 Å². The van der Waals surface area contributed by atoms with E-state index in [2.05, 4.69) is 5.32 Å². The van der Waals surface area contributed by atoms with E-state index in [0.717, 1.165) is 12.8 Å². The van der Waals surface area contributed by atoms with Gasteiger partial charge in [0.2, 0.25) is 11.8 Å². The van der Waals surface area contributed by atoms with Gasteiger partial charge >= 0.3 is 0 Å². The number of piperazine rings is 1. The molecule has 5 nitrogen and oxygen atoms in total. The Morgan fingerprint density at radius 3 is 2.56 bits per heavy atom. The van der Waals surface area contributed by atoms with Crippen LogP contribution in [0.1, 0.15) is 33.6 Å². The Bertz CT molecular complexity index is 345. The molecule has 1 atom stereocenters. The van der Waals surface area contributed by atoms with E-state index in [1.54, 1.807) is 4.90 Å². The molecular formula is C13H22N2O3. The molecule has 2 aliphatic rings. The third-order valence-corrected chi connectivity index (χ3v) is 3.22. The lowest BCUT2D eigenvalue weighted by molar-refractivity contribution is -0.146. The Morgan fingerprint density at radius 2 is 2.00 bits per heavy atom. The van der Waals surface area contributed by atoms with Crippen molar-refractivity contribution in [1.29, 1.82) is 0 Å². The lowest BCUT2D eigenvalue weighted by Gasteiger charge is -2.33. The molecular weight excluding hydrogens is 232 g/mol. The van der Waals surface area contributed by atoms with E-state index in [4.69, 9.17) is 4.74 Å². The van der Waals surface area contributed by atoms with Crippen LogP contribution in [0.15, 0.2) is 0 Å². The van der Waals surface area contributed by atoms with E-state index >= 15 is 0 Å². The Labute approximate surface area is 108 Å². The van der Waals surface area contributed by atoms with E-state index < -0.39 is 0 Å². The molecule has 0 aromatic rings. The van der Waals surface area contributed by atoms with Gasteiger partial charge in [0.1, 0.15) is 6.04 Å². The van der Waals surface area contributed by atoms with E-state index in [0.29, 0.717) is 19.1 Å². The zero-order valence-electron chi connectivity index (χ0n) is 11.4. The smallest absolute Gasteiger partial charge is 0.245 e. The minimum absolute atomic E-state index is 0.0506. The van der Waals surface area contributed by atoms with Gasteiger partial charge in [-0.25, -0.2) is 0 Å². The lowest BCUT2D eigenvalue weighted by Crippen LogP contribution is -2.59. The van der Waals surface area contributed by atoms with Crippen LogP contribution >= 0.6 is 0 Å². The molecule has 0 aromatic carbocycles. The second-order valence-electron chi connectivity index (χ2n) is 6.10. The largest absolute Gasteiger partial charge is 0.374 e. The van der Waals surface area contributed by atoms with E-state index in [1.165, 1.54) is 0 Å². The summed E-state index contributed by atoms with van der Waals surface area (Å²) in [7, 11) is 0. The molecule has 2 rings (SSSR count). The first-order valence-electron chi connectivity index (χ1n) is 6.59. The summed E-state index contributed by atoms with van der Waals surface area (Å²) in [6.07, 6.45) is 2.09. The first kappa shape index (κ1) is 13.3. The number of rotatable bonds is 4. The standard InChI is InChI=1S/C13H22N2O3/c1-13(2,3)18-7-6-15-8-10(16)14-11(12(15)17)9-4-5-9/h9,11H,4-8H2,1-3H3,(H,14,16). The van der Waals surface area contributed by atoms with Crippen LogP contribution in [-0.2, 0) is 14.3 Å². The fourth-order valence-corrected chi connectivity index (χ4v) is 2.13. The molecule has 1 unspecified atom stereocenters. The van der Waals surface area contributed by atoms with Crippen molar-refractivity contribution >= 4 is 11.8 Å². The lowest BCUT2D eigenvalue weighted by atomic mass is 10.1. The summed E-state index contributed by atoms with van der Waals surface area (Å²) in [5.74, 6) is 0.352. The first-order chi connectivity index (χ1) is 8.37. The van der Waals surface area contributed by atoms with Gasteiger partial charge in [-0.05, 0) is 39.5 Å².